The van der Waals surface area contributed by atoms with Gasteiger partial charge in [-0.3, -0.25) is 18.5 Å². The van der Waals surface area contributed by atoms with Crippen LogP contribution in [0.3, 0.4) is 0 Å². The lowest BCUT2D eigenvalue weighted by Crippen LogP contribution is -2.51. The first-order valence-electron chi connectivity index (χ1n) is 10.4. The molecule has 178 valence electrons. The number of rotatable bonds is 7. The molecular formula is C18H29N6O7P. The molecule has 0 bridgehead atoms. The Morgan fingerprint density at radius 1 is 1.28 bits per heavy atom. The van der Waals surface area contributed by atoms with E-state index in [-0.39, 0.29) is 30.6 Å². The van der Waals surface area contributed by atoms with E-state index in [0.717, 1.165) is 7.11 Å². The molecule has 2 fully saturated rings. The molecule has 2 aliphatic heterocycles. The minimum absolute atomic E-state index is 0.0725. The number of aliphatic hydroxyl groups is 1. The Morgan fingerprint density at radius 2 is 2.06 bits per heavy atom. The quantitative estimate of drug-likeness (QED) is 0.468. The van der Waals surface area contributed by atoms with E-state index in [9.17, 15) is 14.6 Å². The first-order chi connectivity index (χ1) is 15.2. The Balaban J connectivity index is 1.43. The number of hydrogen-bond donors (Lipinski definition) is 3. The van der Waals surface area contributed by atoms with Crippen LogP contribution in [0.1, 0.15) is 20.1 Å². The van der Waals surface area contributed by atoms with Gasteiger partial charge in [-0.15, -0.1) is 0 Å². The summed E-state index contributed by atoms with van der Waals surface area (Å²) in [4.78, 5) is 24.0. The Bertz CT molecular complexity index is 992. The highest BCUT2D eigenvalue weighted by Gasteiger charge is 2.44. The van der Waals surface area contributed by atoms with E-state index in [2.05, 4.69) is 24.4 Å². The summed E-state index contributed by atoms with van der Waals surface area (Å²) in [7, 11) is -2.96. The van der Waals surface area contributed by atoms with Crippen molar-refractivity contribution in [2.45, 2.75) is 44.5 Å². The van der Waals surface area contributed by atoms with E-state index in [1.165, 1.54) is 6.33 Å². The number of anilines is 1. The number of phosphoric acid groups is 1. The number of imidazole rings is 1. The van der Waals surface area contributed by atoms with Crippen molar-refractivity contribution in [3.8, 4) is 0 Å². The van der Waals surface area contributed by atoms with Gasteiger partial charge in [-0.2, -0.15) is 0 Å². The van der Waals surface area contributed by atoms with Crippen molar-refractivity contribution in [1.29, 1.82) is 0 Å². The van der Waals surface area contributed by atoms with E-state index in [4.69, 9.17) is 19.7 Å². The average molecular weight is 472 g/mol. The number of nitrogens with zero attached hydrogens (tertiary/aromatic N) is 5. The van der Waals surface area contributed by atoms with Crippen molar-refractivity contribution in [2.75, 3.05) is 39.1 Å². The van der Waals surface area contributed by atoms with Crippen molar-refractivity contribution in [3.05, 3.63) is 12.7 Å². The van der Waals surface area contributed by atoms with E-state index in [0.29, 0.717) is 30.8 Å². The lowest BCUT2D eigenvalue weighted by molar-refractivity contribution is -0.109. The molecule has 0 amide bonds. The molecule has 13 nitrogen and oxygen atoms in total. The molecule has 4 heterocycles. The molecular weight excluding hydrogens is 443 g/mol. The zero-order valence-corrected chi connectivity index (χ0v) is 19.0. The minimum atomic E-state index is -4.07. The molecule has 0 saturated carbocycles. The first kappa shape index (κ1) is 23.5. The van der Waals surface area contributed by atoms with Gasteiger partial charge in [-0.1, -0.05) is 6.92 Å². The monoisotopic (exact) mass is 472 g/mol. The summed E-state index contributed by atoms with van der Waals surface area (Å²) in [6, 6.07) is 0. The van der Waals surface area contributed by atoms with E-state index in [1.807, 2.05) is 13.8 Å². The molecule has 5 unspecified atom stereocenters. The van der Waals surface area contributed by atoms with E-state index in [1.54, 1.807) is 10.9 Å². The molecule has 7 atom stereocenters. The molecule has 14 heteroatoms. The van der Waals surface area contributed by atoms with Crippen LogP contribution in [-0.2, 0) is 23.1 Å². The minimum Gasteiger partial charge on any atom is -0.388 e. The molecule has 4 rings (SSSR count). The molecule has 0 aromatic carbocycles. The van der Waals surface area contributed by atoms with Gasteiger partial charge in [-0.05, 0) is 6.92 Å². The van der Waals surface area contributed by atoms with Crippen molar-refractivity contribution in [1.82, 2.24) is 24.4 Å². The summed E-state index contributed by atoms with van der Waals surface area (Å²) in [6.07, 6.45) is 0.705. The Hall–Kier alpha value is -1.70. The Morgan fingerprint density at radius 3 is 2.81 bits per heavy atom. The van der Waals surface area contributed by atoms with Gasteiger partial charge < -0.3 is 25.2 Å². The zero-order valence-electron chi connectivity index (χ0n) is 18.1. The molecule has 0 spiro atoms. The standard InChI is InChI=1S/C18H29N6O7P/c1-10-4-23(5-12(30-10)7-29-32(26,27)28-3)6-13-11(2)15(25)18(31-13)24-9-22-14-16(19)20-8-21-17(14)24/h8-13,15,18,25H,4-7H2,1-3H3,(H,26,27)(H2,19,20,21)/t10?,11-,12?,13?,15-,18?/m1/s1. The SMILES string of the molecule is COP(=O)(O)OCC1CN(CC2OC(n3cnc4c(N)ncnc43)[C@H](O)[C@@H]2C)CC(C)O1. The second-order valence-corrected chi connectivity index (χ2v) is 9.79. The van der Waals surface area contributed by atoms with Gasteiger partial charge in [-0.25, -0.2) is 19.5 Å². The normalized spacial score (nSPS) is 33.5. The van der Waals surface area contributed by atoms with E-state index >= 15 is 0 Å². The van der Waals surface area contributed by atoms with Crippen LogP contribution in [0.4, 0.5) is 5.82 Å². The fourth-order valence-corrected chi connectivity index (χ4v) is 4.69. The maximum absolute atomic E-state index is 11.6. The third-order valence-electron chi connectivity index (χ3n) is 5.89. The largest absolute Gasteiger partial charge is 0.472 e. The maximum atomic E-state index is 11.6. The number of phosphoric ester groups is 1. The van der Waals surface area contributed by atoms with Gasteiger partial charge in [0.05, 0.1) is 31.2 Å². The number of nitrogens with two attached hydrogens (primary N) is 1. The van der Waals surface area contributed by atoms with Gasteiger partial charge >= 0.3 is 7.82 Å². The number of aliphatic hydroxyl groups excluding tert-OH is 1. The first-order valence-corrected chi connectivity index (χ1v) is 11.9. The van der Waals surface area contributed by atoms with Crippen LogP contribution in [0.2, 0.25) is 0 Å². The number of aromatic nitrogens is 4. The van der Waals surface area contributed by atoms with Crippen LogP contribution in [0.25, 0.3) is 11.2 Å². The summed E-state index contributed by atoms with van der Waals surface area (Å²) in [5.41, 5.74) is 6.83. The fourth-order valence-electron chi connectivity index (χ4n) is 4.23. The number of ether oxygens (including phenoxy) is 2. The lowest BCUT2D eigenvalue weighted by Gasteiger charge is -2.38. The molecule has 0 aliphatic carbocycles. The summed E-state index contributed by atoms with van der Waals surface area (Å²) in [5.74, 6) is 0.109. The second kappa shape index (κ2) is 9.27. The molecule has 2 aromatic rings. The number of hydrogen-bond acceptors (Lipinski definition) is 11. The maximum Gasteiger partial charge on any atom is 0.472 e. The molecule has 2 aromatic heterocycles. The van der Waals surface area contributed by atoms with Crippen molar-refractivity contribution >= 4 is 24.8 Å². The summed E-state index contributed by atoms with van der Waals surface area (Å²) in [6.45, 7) is 5.47. The summed E-state index contributed by atoms with van der Waals surface area (Å²) >= 11 is 0. The molecule has 4 N–H and O–H groups in total. The van der Waals surface area contributed by atoms with Crippen LogP contribution in [0.15, 0.2) is 12.7 Å². The Kier molecular flexibility index (Phi) is 6.80. The third kappa shape index (κ3) is 4.80. The molecule has 0 radical (unpaired) electrons. The topological polar surface area (TPSA) is 167 Å². The highest BCUT2D eigenvalue weighted by Crippen LogP contribution is 2.42. The van der Waals surface area contributed by atoms with Gasteiger partial charge in [0, 0.05) is 32.7 Å². The predicted octanol–water partition coefficient (Wildman–Crippen LogP) is 0.156. The van der Waals surface area contributed by atoms with Gasteiger partial charge in [0.15, 0.2) is 17.7 Å². The van der Waals surface area contributed by atoms with Crippen molar-refractivity contribution < 1.29 is 33.1 Å². The third-order valence-corrected chi connectivity index (χ3v) is 6.82. The molecule has 2 saturated heterocycles. The van der Waals surface area contributed by atoms with Crippen molar-refractivity contribution in [2.24, 2.45) is 5.92 Å². The number of nitrogen functional groups attached to an aromatic ring is 1. The van der Waals surface area contributed by atoms with Crippen LogP contribution >= 0.6 is 7.82 Å². The fraction of sp³-hybridized carbons (Fsp3) is 0.722. The Labute approximate surface area is 185 Å². The zero-order chi connectivity index (χ0) is 23.0. The average Bonchev–Trinajstić information content (AvgIpc) is 3.29. The van der Waals surface area contributed by atoms with Crippen LogP contribution in [0.5, 0.6) is 0 Å². The summed E-state index contributed by atoms with van der Waals surface area (Å²) in [5, 5.41) is 10.9. The summed E-state index contributed by atoms with van der Waals surface area (Å²) < 4.78 is 34.7. The second-order valence-electron chi connectivity index (χ2n) is 8.23. The smallest absolute Gasteiger partial charge is 0.388 e. The van der Waals surface area contributed by atoms with Crippen molar-refractivity contribution in [3.63, 3.8) is 0 Å². The van der Waals surface area contributed by atoms with Crippen LogP contribution < -0.4 is 5.73 Å². The van der Waals surface area contributed by atoms with E-state index < -0.39 is 26.3 Å². The number of fused-ring (bicyclic) bond motifs is 1. The van der Waals surface area contributed by atoms with Gasteiger partial charge in [0.25, 0.3) is 0 Å². The molecule has 32 heavy (non-hydrogen) atoms. The molecule has 2 aliphatic rings. The number of morpholine rings is 1. The van der Waals surface area contributed by atoms with Gasteiger partial charge in [0.2, 0.25) is 0 Å². The van der Waals surface area contributed by atoms with Crippen LogP contribution in [0, 0.1) is 5.92 Å². The highest BCUT2D eigenvalue weighted by molar-refractivity contribution is 7.47. The van der Waals surface area contributed by atoms with Gasteiger partial charge in [0.1, 0.15) is 17.9 Å². The highest BCUT2D eigenvalue weighted by atomic mass is 31.2. The lowest BCUT2D eigenvalue weighted by atomic mass is 9.99. The van der Waals surface area contributed by atoms with Crippen LogP contribution in [-0.4, -0.2) is 92.2 Å². The predicted molar refractivity (Wildman–Crippen MR) is 112 cm³/mol.